The maximum atomic E-state index is 12.9. The van der Waals surface area contributed by atoms with E-state index in [0.717, 1.165) is 89.9 Å². The van der Waals surface area contributed by atoms with E-state index in [2.05, 4.69) is 93.7 Å². The van der Waals surface area contributed by atoms with Crippen molar-refractivity contribution in [2.24, 2.45) is 0 Å². The minimum absolute atomic E-state index is 0.0875. The van der Waals surface area contributed by atoms with Gasteiger partial charge < -0.3 is 14.2 Å². The Morgan fingerprint density at radius 3 is 0.958 bits per heavy atom. The van der Waals surface area contributed by atoms with Crippen molar-refractivity contribution in [2.75, 3.05) is 13.2 Å². The Morgan fingerprint density at radius 2 is 0.583 bits per heavy atom. The van der Waals surface area contributed by atoms with Crippen molar-refractivity contribution in [3.8, 4) is 0 Å². The van der Waals surface area contributed by atoms with Crippen LogP contribution in [0.3, 0.4) is 0 Å². The van der Waals surface area contributed by atoms with Crippen LogP contribution in [0.1, 0.15) is 310 Å². The summed E-state index contributed by atoms with van der Waals surface area (Å²) >= 11 is 0. The van der Waals surface area contributed by atoms with Crippen LogP contribution in [-0.4, -0.2) is 37.2 Å². The average Bonchev–Trinajstić information content (AvgIpc) is 3.38. The molecule has 6 nitrogen and oxygen atoms in total. The molecule has 0 aromatic heterocycles. The molecule has 0 N–H and O–H groups in total. The Balaban J connectivity index is 4.41. The molecule has 0 radical (unpaired) electrons. The third-order valence-corrected chi connectivity index (χ3v) is 13.4. The summed E-state index contributed by atoms with van der Waals surface area (Å²) in [6.45, 7) is 6.53. The summed E-state index contributed by atoms with van der Waals surface area (Å²) in [5.41, 5.74) is 0. The molecule has 0 amide bonds. The van der Waals surface area contributed by atoms with E-state index < -0.39 is 6.10 Å². The van der Waals surface area contributed by atoms with E-state index in [4.69, 9.17) is 14.2 Å². The molecule has 0 spiro atoms. The van der Waals surface area contributed by atoms with E-state index in [9.17, 15) is 14.4 Å². The highest BCUT2D eigenvalue weighted by Gasteiger charge is 2.19. The van der Waals surface area contributed by atoms with Gasteiger partial charge in [0.15, 0.2) is 6.10 Å². The molecular formula is C66H116O6. The predicted molar refractivity (Wildman–Crippen MR) is 311 cm³/mol. The summed E-state index contributed by atoms with van der Waals surface area (Å²) in [6.07, 6.45) is 77.6. The Kier molecular flexibility index (Phi) is 57.8. The molecule has 6 heteroatoms. The predicted octanol–water partition coefficient (Wildman–Crippen LogP) is 20.9. The third-order valence-electron chi connectivity index (χ3n) is 13.4. The monoisotopic (exact) mass is 1000 g/mol. The lowest BCUT2D eigenvalue weighted by atomic mass is 10.1. The second-order valence-electron chi connectivity index (χ2n) is 20.6. The van der Waals surface area contributed by atoms with Gasteiger partial charge in [-0.2, -0.15) is 0 Å². The highest BCUT2D eigenvalue weighted by Crippen LogP contribution is 2.16. The number of carbonyl (C=O) groups excluding carboxylic acids is 3. The van der Waals surface area contributed by atoms with Gasteiger partial charge >= 0.3 is 17.9 Å². The fourth-order valence-corrected chi connectivity index (χ4v) is 8.80. The zero-order valence-corrected chi connectivity index (χ0v) is 47.7. The molecule has 0 heterocycles. The summed E-state index contributed by atoms with van der Waals surface area (Å²) in [7, 11) is 0. The second kappa shape index (κ2) is 60.4. The lowest BCUT2D eigenvalue weighted by molar-refractivity contribution is -0.167. The molecule has 0 aromatic carbocycles. The SMILES string of the molecule is CC/C=C\C/C=C\C/C=C\CCCCCCCCCCCC(=O)OCC(COC(=O)CCCCC/C=C\C=C/CCCCCCCCC)OC(=O)CCCCCCCCC/C=C\CCCCCCCCCC. The first-order valence-corrected chi connectivity index (χ1v) is 31.0. The largest absolute Gasteiger partial charge is 0.462 e. The van der Waals surface area contributed by atoms with Crippen LogP contribution in [0.15, 0.2) is 72.9 Å². The number of hydrogen-bond donors (Lipinski definition) is 0. The summed E-state index contributed by atoms with van der Waals surface area (Å²) in [5.74, 6) is -0.911. The van der Waals surface area contributed by atoms with Crippen LogP contribution in [0, 0.1) is 0 Å². The number of ether oxygens (including phenoxy) is 3. The van der Waals surface area contributed by atoms with Crippen molar-refractivity contribution in [1.82, 2.24) is 0 Å². The third kappa shape index (κ3) is 57.7. The van der Waals surface area contributed by atoms with Crippen LogP contribution >= 0.6 is 0 Å². The zero-order valence-electron chi connectivity index (χ0n) is 47.7. The van der Waals surface area contributed by atoms with Gasteiger partial charge in [-0.05, 0) is 103 Å². The first-order chi connectivity index (χ1) is 35.5. The molecule has 0 fully saturated rings. The molecule has 0 aliphatic heterocycles. The van der Waals surface area contributed by atoms with Gasteiger partial charge in [0.2, 0.25) is 0 Å². The minimum Gasteiger partial charge on any atom is -0.462 e. The Labute approximate surface area is 446 Å². The summed E-state index contributed by atoms with van der Waals surface area (Å²) in [4.78, 5) is 38.3. The van der Waals surface area contributed by atoms with Crippen LogP contribution in [0.25, 0.3) is 0 Å². The van der Waals surface area contributed by atoms with Gasteiger partial charge in [-0.25, -0.2) is 0 Å². The Hall–Kier alpha value is -3.15. The van der Waals surface area contributed by atoms with Crippen molar-refractivity contribution in [3.63, 3.8) is 0 Å². The van der Waals surface area contributed by atoms with Gasteiger partial charge in [-0.15, -0.1) is 0 Å². The molecule has 1 atom stereocenters. The van der Waals surface area contributed by atoms with Crippen LogP contribution in [-0.2, 0) is 28.6 Å². The van der Waals surface area contributed by atoms with Gasteiger partial charge in [0.25, 0.3) is 0 Å². The topological polar surface area (TPSA) is 78.9 Å². The van der Waals surface area contributed by atoms with Gasteiger partial charge in [-0.3, -0.25) is 14.4 Å². The lowest BCUT2D eigenvalue weighted by Crippen LogP contribution is -2.30. The molecule has 0 saturated carbocycles. The fraction of sp³-hybridized carbons (Fsp3) is 0.773. The molecule has 0 saturated heterocycles. The lowest BCUT2D eigenvalue weighted by Gasteiger charge is -2.18. The summed E-state index contributed by atoms with van der Waals surface area (Å²) in [6, 6.07) is 0. The number of esters is 3. The molecule has 0 rings (SSSR count). The van der Waals surface area contributed by atoms with Crippen molar-refractivity contribution >= 4 is 17.9 Å². The van der Waals surface area contributed by atoms with E-state index >= 15 is 0 Å². The molecule has 0 aliphatic rings. The van der Waals surface area contributed by atoms with Gasteiger partial charge in [0.05, 0.1) is 0 Å². The molecule has 416 valence electrons. The molecule has 0 aromatic rings. The number of unbranched alkanes of at least 4 members (excludes halogenated alkanes) is 34. The van der Waals surface area contributed by atoms with Crippen molar-refractivity contribution in [1.29, 1.82) is 0 Å². The molecule has 0 bridgehead atoms. The summed E-state index contributed by atoms with van der Waals surface area (Å²) in [5, 5.41) is 0. The first kappa shape index (κ1) is 68.8. The molecular weight excluding hydrogens is 889 g/mol. The van der Waals surface area contributed by atoms with Crippen molar-refractivity contribution in [2.45, 2.75) is 316 Å². The maximum Gasteiger partial charge on any atom is 0.306 e. The Morgan fingerprint density at radius 1 is 0.306 bits per heavy atom. The van der Waals surface area contributed by atoms with Crippen molar-refractivity contribution < 1.29 is 28.6 Å². The van der Waals surface area contributed by atoms with Gasteiger partial charge in [0, 0.05) is 19.3 Å². The van der Waals surface area contributed by atoms with Crippen LogP contribution in [0.2, 0.25) is 0 Å². The van der Waals surface area contributed by atoms with E-state index in [0.29, 0.717) is 19.3 Å². The number of allylic oxidation sites excluding steroid dienone is 12. The fourth-order valence-electron chi connectivity index (χ4n) is 8.80. The molecule has 72 heavy (non-hydrogen) atoms. The highest BCUT2D eigenvalue weighted by atomic mass is 16.6. The van der Waals surface area contributed by atoms with Gasteiger partial charge in [0.1, 0.15) is 13.2 Å². The van der Waals surface area contributed by atoms with Crippen LogP contribution in [0.4, 0.5) is 0 Å². The summed E-state index contributed by atoms with van der Waals surface area (Å²) < 4.78 is 16.9. The van der Waals surface area contributed by atoms with Crippen LogP contribution in [0.5, 0.6) is 0 Å². The second-order valence-corrected chi connectivity index (χ2v) is 20.6. The van der Waals surface area contributed by atoms with E-state index in [1.807, 2.05) is 0 Å². The van der Waals surface area contributed by atoms with E-state index in [-0.39, 0.29) is 31.1 Å². The average molecular weight is 1010 g/mol. The van der Waals surface area contributed by atoms with Crippen molar-refractivity contribution in [3.05, 3.63) is 72.9 Å². The minimum atomic E-state index is -0.792. The number of rotatable bonds is 56. The van der Waals surface area contributed by atoms with E-state index in [1.165, 1.54) is 180 Å². The number of hydrogen-bond acceptors (Lipinski definition) is 6. The first-order valence-electron chi connectivity index (χ1n) is 31.0. The highest BCUT2D eigenvalue weighted by molar-refractivity contribution is 5.71. The van der Waals surface area contributed by atoms with Gasteiger partial charge in [-0.1, -0.05) is 261 Å². The van der Waals surface area contributed by atoms with E-state index in [1.54, 1.807) is 0 Å². The maximum absolute atomic E-state index is 12.9. The smallest absolute Gasteiger partial charge is 0.306 e. The Bertz CT molecular complexity index is 1340. The molecule has 1 unspecified atom stereocenters. The van der Waals surface area contributed by atoms with Crippen LogP contribution < -0.4 is 0 Å². The zero-order chi connectivity index (χ0) is 52.2. The molecule has 0 aliphatic carbocycles. The quantitative estimate of drug-likeness (QED) is 0.0199. The number of carbonyl (C=O) groups is 3. The standard InChI is InChI=1S/C66H116O6/c1-4-7-10-13-16-19-22-25-28-31-33-35-38-41-44-47-50-53-56-59-65(68)71-62-63(61-70-64(67)58-55-52-49-46-43-40-37-30-27-24-21-18-15-12-9-6-3)72-66(69)60-57-54-51-48-45-42-39-36-34-32-29-26-23-20-17-14-11-8-5-2/h7,10,16,19,25,28,30,32,34,37,40,43,63H,4-6,8-9,11-15,17-18,20-24,26-27,29,31,33,35-36,38-39,41-42,44-62H2,1-3H3/b10-7-,19-16-,28-25-,34-32-,37-30-,43-40-. The normalized spacial score (nSPS) is 12.5.